The molecule has 0 radical (unpaired) electrons. The van der Waals surface area contributed by atoms with Gasteiger partial charge in [-0.05, 0) is 97.8 Å². The van der Waals surface area contributed by atoms with E-state index in [1.54, 1.807) is 75.4 Å². The molecule has 1 spiro atoms. The monoisotopic (exact) mass is 828 g/mol. The summed E-state index contributed by atoms with van der Waals surface area (Å²) in [6, 6.07) is 28.3. The molecule has 1 saturated heterocycles. The molecule has 7 rings (SSSR count). The van der Waals surface area contributed by atoms with Crippen molar-refractivity contribution in [3.05, 3.63) is 154 Å². The number of carbonyl (C=O) groups excluding carboxylic acids is 4. The largest absolute Gasteiger partial charge is 0.508 e. The van der Waals surface area contributed by atoms with Crippen LogP contribution in [0.1, 0.15) is 88.6 Å². The van der Waals surface area contributed by atoms with Crippen molar-refractivity contribution in [3.8, 4) is 5.75 Å². The molecule has 1 aliphatic heterocycles. The smallest absolute Gasteiger partial charge is 0.338 e. The minimum atomic E-state index is -0.956. The van der Waals surface area contributed by atoms with Gasteiger partial charge >= 0.3 is 11.9 Å². The van der Waals surface area contributed by atoms with Crippen molar-refractivity contribution in [2.75, 3.05) is 6.61 Å². The molecule has 4 unspecified atom stereocenters. The molecule has 4 N–H and O–H groups in total. The first-order valence-corrected chi connectivity index (χ1v) is 20.6. The molecule has 1 heterocycles. The van der Waals surface area contributed by atoms with Crippen LogP contribution >= 0.6 is 0 Å². The first-order chi connectivity index (χ1) is 29.3. The van der Waals surface area contributed by atoms with Crippen LogP contribution in [0.5, 0.6) is 5.75 Å². The lowest BCUT2D eigenvalue weighted by Crippen LogP contribution is -2.43. The second-order valence-electron chi connectivity index (χ2n) is 16.8. The summed E-state index contributed by atoms with van der Waals surface area (Å²) < 4.78 is 24.7. The van der Waals surface area contributed by atoms with Crippen molar-refractivity contribution in [3.63, 3.8) is 0 Å². The third kappa shape index (κ3) is 11.0. The maximum atomic E-state index is 13.8. The van der Waals surface area contributed by atoms with Gasteiger partial charge < -0.3 is 39.8 Å². The van der Waals surface area contributed by atoms with E-state index in [-0.39, 0.29) is 44.1 Å². The van der Waals surface area contributed by atoms with E-state index in [1.165, 1.54) is 0 Å². The Bertz CT molecular complexity index is 2290. The van der Waals surface area contributed by atoms with E-state index >= 15 is 0 Å². The number of aliphatic hydroxyl groups is 1. The van der Waals surface area contributed by atoms with Crippen LogP contribution in [0.2, 0.25) is 0 Å². The second-order valence-corrected chi connectivity index (χ2v) is 16.8. The standard InChI is InChI=1S/C49H52N2O10/c1-48(2,3)60-43(54)23-22-39(30-52)51-46(56)35-16-9-11-32(24-35)29-50-45(55)38-25-41(44-42(26-38)59-49(61-44)27-36-13-4-5-14-37(36)28-49)58-47(57)34-20-18-31(19-21-34)10-8-15-33-12-6-7-17-40(33)53/h4-14,16-21,24,26,39,41-42,44,52-53H,15,22-23,25,27-30H2,1-3H3,(H,50,55)(H,51,56). The van der Waals surface area contributed by atoms with E-state index in [4.69, 9.17) is 18.9 Å². The van der Waals surface area contributed by atoms with Gasteiger partial charge in [0.15, 0.2) is 5.79 Å². The van der Waals surface area contributed by atoms with Crippen molar-refractivity contribution in [2.45, 2.75) is 102 Å². The Hall–Kier alpha value is -6.08. The molecule has 0 aromatic heterocycles. The Morgan fingerprint density at radius 2 is 1.61 bits per heavy atom. The number of hydrogen-bond donors (Lipinski definition) is 4. The molecule has 0 bridgehead atoms. The summed E-state index contributed by atoms with van der Waals surface area (Å²) in [5.74, 6) is -2.50. The Morgan fingerprint density at radius 1 is 0.885 bits per heavy atom. The zero-order chi connectivity index (χ0) is 43.1. The number of nitrogens with one attached hydrogen (secondary N) is 2. The highest BCUT2D eigenvalue weighted by atomic mass is 16.8. The van der Waals surface area contributed by atoms with Crippen LogP contribution in [-0.4, -0.2) is 76.3 Å². The van der Waals surface area contributed by atoms with E-state index in [1.807, 2.05) is 60.7 Å². The van der Waals surface area contributed by atoms with E-state index in [9.17, 15) is 29.4 Å². The van der Waals surface area contributed by atoms with E-state index in [2.05, 4.69) is 10.6 Å². The SMILES string of the molecule is CC(C)(C)OC(=O)CCC(CO)NC(=O)c1cccc(CNC(=O)C2=CC3OC4(Cc5ccccc5C4)OC3C(OC(=O)c3ccc(C=CCc4ccccc4O)cc3)C2)c1. The van der Waals surface area contributed by atoms with E-state index in [0.29, 0.717) is 41.5 Å². The fourth-order valence-electron chi connectivity index (χ4n) is 7.88. The highest BCUT2D eigenvalue weighted by Crippen LogP contribution is 2.45. The van der Waals surface area contributed by atoms with Crippen molar-refractivity contribution < 1.29 is 48.3 Å². The highest BCUT2D eigenvalue weighted by molar-refractivity contribution is 5.95. The van der Waals surface area contributed by atoms with E-state index < -0.39 is 53.6 Å². The van der Waals surface area contributed by atoms with Gasteiger partial charge in [0.2, 0.25) is 5.91 Å². The van der Waals surface area contributed by atoms with Gasteiger partial charge in [-0.25, -0.2) is 4.79 Å². The number of phenolic OH excluding ortho intramolecular Hbond substituents is 1. The summed E-state index contributed by atoms with van der Waals surface area (Å²) >= 11 is 0. The van der Waals surface area contributed by atoms with Crippen LogP contribution in [0, 0.1) is 0 Å². The summed E-state index contributed by atoms with van der Waals surface area (Å²) in [5, 5.41) is 25.7. The Balaban J connectivity index is 0.999. The number of carbonyl (C=O) groups is 4. The fraction of sp³-hybridized carbons (Fsp3) is 0.347. The number of aliphatic hydroxyl groups excluding tert-OH is 1. The Labute approximate surface area is 355 Å². The van der Waals surface area contributed by atoms with Gasteiger partial charge in [0.25, 0.3) is 5.91 Å². The number of aromatic hydroxyl groups is 1. The lowest BCUT2D eigenvalue weighted by atomic mass is 9.91. The van der Waals surface area contributed by atoms with Crippen molar-refractivity contribution in [2.24, 2.45) is 0 Å². The number of hydrogen-bond acceptors (Lipinski definition) is 10. The minimum Gasteiger partial charge on any atom is -0.508 e. The number of benzene rings is 4. The number of amides is 2. The number of phenols is 1. The maximum absolute atomic E-state index is 13.8. The number of ether oxygens (including phenoxy) is 4. The highest BCUT2D eigenvalue weighted by Gasteiger charge is 2.55. The van der Waals surface area contributed by atoms with Crippen LogP contribution < -0.4 is 10.6 Å². The van der Waals surface area contributed by atoms with E-state index in [0.717, 1.165) is 22.3 Å². The molecule has 2 amide bonds. The summed E-state index contributed by atoms with van der Waals surface area (Å²) in [5.41, 5.74) is 4.99. The van der Waals surface area contributed by atoms with Gasteiger partial charge in [0, 0.05) is 43.4 Å². The molecule has 4 aromatic rings. The average molecular weight is 829 g/mol. The van der Waals surface area contributed by atoms with Gasteiger partial charge in [-0.3, -0.25) is 14.4 Å². The predicted molar refractivity (Wildman–Crippen MR) is 227 cm³/mol. The van der Waals surface area contributed by atoms with Crippen molar-refractivity contribution >= 4 is 29.8 Å². The molecule has 3 aliphatic rings. The molecule has 12 heteroatoms. The van der Waals surface area contributed by atoms with Crippen LogP contribution in [0.15, 0.2) is 115 Å². The molecule has 1 fully saturated rings. The molecule has 12 nitrogen and oxygen atoms in total. The molecular weight excluding hydrogens is 777 g/mol. The second kappa shape index (κ2) is 18.7. The average Bonchev–Trinajstić information content (AvgIpc) is 3.79. The van der Waals surface area contributed by atoms with Gasteiger partial charge in [-0.1, -0.05) is 78.9 Å². The summed E-state index contributed by atoms with van der Waals surface area (Å²) in [6.07, 6.45) is 5.42. The fourth-order valence-corrected chi connectivity index (χ4v) is 7.88. The number of rotatable bonds is 14. The first-order valence-electron chi connectivity index (χ1n) is 20.6. The topological polar surface area (TPSA) is 170 Å². The van der Waals surface area contributed by atoms with Crippen LogP contribution in [-0.2, 0) is 54.3 Å². The minimum absolute atomic E-state index is 0.0345. The predicted octanol–water partition coefficient (Wildman–Crippen LogP) is 6.31. The normalized spacial score (nSPS) is 19.4. The number of para-hydroxylation sites is 1. The summed E-state index contributed by atoms with van der Waals surface area (Å²) in [7, 11) is 0. The number of esters is 2. The molecule has 0 saturated carbocycles. The lowest BCUT2D eigenvalue weighted by Gasteiger charge is -2.30. The third-order valence-corrected chi connectivity index (χ3v) is 10.9. The molecular formula is C49H52N2O10. The Morgan fingerprint density at radius 3 is 2.31 bits per heavy atom. The number of fused-ring (bicyclic) bond motifs is 2. The quantitative estimate of drug-likeness (QED) is 0.106. The summed E-state index contributed by atoms with van der Waals surface area (Å²) in [6.45, 7) is 5.06. The third-order valence-electron chi connectivity index (χ3n) is 10.9. The van der Waals surface area contributed by atoms with Crippen LogP contribution in [0.25, 0.3) is 6.08 Å². The van der Waals surface area contributed by atoms with Crippen LogP contribution in [0.3, 0.4) is 0 Å². The zero-order valence-corrected chi connectivity index (χ0v) is 34.6. The zero-order valence-electron chi connectivity index (χ0n) is 34.6. The number of allylic oxidation sites excluding steroid dienone is 1. The molecule has 318 valence electrons. The lowest BCUT2D eigenvalue weighted by molar-refractivity contribution is -0.172. The van der Waals surface area contributed by atoms with Gasteiger partial charge in [0.1, 0.15) is 29.7 Å². The molecule has 4 atom stereocenters. The Kier molecular flexibility index (Phi) is 13.2. The summed E-state index contributed by atoms with van der Waals surface area (Å²) in [4.78, 5) is 52.8. The van der Waals surface area contributed by atoms with Crippen LogP contribution in [0.4, 0.5) is 0 Å². The maximum Gasteiger partial charge on any atom is 0.338 e. The first kappa shape index (κ1) is 43.0. The van der Waals surface area contributed by atoms with Crippen molar-refractivity contribution in [1.29, 1.82) is 0 Å². The van der Waals surface area contributed by atoms with Gasteiger partial charge in [0.05, 0.1) is 18.2 Å². The van der Waals surface area contributed by atoms with Gasteiger partial charge in [-0.15, -0.1) is 0 Å². The molecule has 61 heavy (non-hydrogen) atoms. The molecule has 2 aliphatic carbocycles. The van der Waals surface area contributed by atoms with Crippen molar-refractivity contribution in [1.82, 2.24) is 10.6 Å². The van der Waals surface area contributed by atoms with Gasteiger partial charge in [-0.2, -0.15) is 0 Å². The molecule has 4 aromatic carbocycles.